The van der Waals surface area contributed by atoms with E-state index in [0.717, 1.165) is 46.4 Å². The number of thioether (sulfide) groups is 1. The molecule has 7 nitrogen and oxygen atoms in total. The molecule has 1 saturated carbocycles. The molecule has 4 rings (SSSR count). The van der Waals surface area contributed by atoms with Crippen LogP contribution in [0, 0.1) is 5.92 Å². The molecule has 0 bridgehead atoms. The second-order valence-electron chi connectivity index (χ2n) is 12.1. The van der Waals surface area contributed by atoms with Crippen molar-refractivity contribution in [1.82, 2.24) is 5.32 Å². The highest BCUT2D eigenvalue weighted by atomic mass is 32.2. The molecule has 0 saturated heterocycles. The Morgan fingerprint density at radius 3 is 2.39 bits per heavy atom. The number of nitrogens with one attached hydrogen (secondary N) is 1. The largest absolute Gasteiger partial charge is 0.497 e. The average molecular weight is 648 g/mol. The van der Waals surface area contributed by atoms with E-state index in [0.29, 0.717) is 43.5 Å². The SMILES string of the molecule is CCc1ccccc1-c1cc(COCC(CC2CCCCC2)OCc2ccc(OC)cc2)ccc1C(=O)NC(CCSC)C(=O)O. The highest BCUT2D eigenvalue weighted by Crippen LogP contribution is 2.31. The molecule has 1 fully saturated rings. The van der Waals surface area contributed by atoms with Crippen molar-refractivity contribution in [2.75, 3.05) is 25.7 Å². The molecule has 1 aliphatic carbocycles. The van der Waals surface area contributed by atoms with E-state index in [4.69, 9.17) is 14.2 Å². The molecule has 248 valence electrons. The van der Waals surface area contributed by atoms with Crippen LogP contribution in [0.15, 0.2) is 66.7 Å². The fraction of sp³-hybridized carbons (Fsp3) is 0.474. The second kappa shape index (κ2) is 18.7. The summed E-state index contributed by atoms with van der Waals surface area (Å²) in [5.74, 6) is 0.706. The lowest BCUT2D eigenvalue weighted by atomic mass is 9.85. The first kappa shape index (κ1) is 35.5. The molecule has 1 amide bonds. The third-order valence-electron chi connectivity index (χ3n) is 8.77. The van der Waals surface area contributed by atoms with Gasteiger partial charge in [0.15, 0.2) is 0 Å². The lowest BCUT2D eigenvalue weighted by Gasteiger charge is -2.27. The standard InChI is InChI=1S/C38H49NO6S/c1-4-30-12-8-9-13-33(30)35-23-29(16-19-34(35)37(40)39-36(38(41)42)20-21-46-3)24-44-26-32(22-27-10-6-5-7-11-27)45-25-28-14-17-31(43-2)18-15-28/h8-9,12-19,23,27,32,36H,4-7,10-11,20-22,24-26H2,1-3H3,(H,39,40)(H,41,42). The van der Waals surface area contributed by atoms with Crippen molar-refractivity contribution in [2.24, 2.45) is 5.92 Å². The Hall–Kier alpha value is -3.33. The molecule has 3 aromatic rings. The number of hydrogen-bond acceptors (Lipinski definition) is 6. The molecule has 3 aromatic carbocycles. The summed E-state index contributed by atoms with van der Waals surface area (Å²) in [4.78, 5) is 25.4. The molecule has 46 heavy (non-hydrogen) atoms. The first-order valence-corrected chi connectivity index (χ1v) is 17.9. The van der Waals surface area contributed by atoms with Gasteiger partial charge in [-0.2, -0.15) is 11.8 Å². The Morgan fingerprint density at radius 2 is 1.70 bits per heavy atom. The van der Waals surface area contributed by atoms with Crippen LogP contribution < -0.4 is 10.1 Å². The molecule has 2 atom stereocenters. The van der Waals surface area contributed by atoms with Gasteiger partial charge in [-0.3, -0.25) is 4.79 Å². The molecule has 2 N–H and O–H groups in total. The summed E-state index contributed by atoms with van der Waals surface area (Å²) in [6.07, 6.45) is 10.4. The van der Waals surface area contributed by atoms with E-state index in [1.165, 1.54) is 32.1 Å². The number of aliphatic carboxylic acids is 1. The van der Waals surface area contributed by atoms with Gasteiger partial charge in [0.1, 0.15) is 11.8 Å². The Balaban J connectivity index is 1.49. The normalized spacial score (nSPS) is 14.8. The zero-order valence-electron chi connectivity index (χ0n) is 27.5. The third-order valence-corrected chi connectivity index (χ3v) is 9.41. The maximum atomic E-state index is 13.5. The maximum Gasteiger partial charge on any atom is 0.326 e. The van der Waals surface area contributed by atoms with Crippen molar-refractivity contribution in [3.8, 4) is 16.9 Å². The van der Waals surface area contributed by atoms with Gasteiger partial charge in [-0.25, -0.2) is 4.79 Å². The Kier molecular flexibility index (Phi) is 14.5. The molecule has 0 radical (unpaired) electrons. The summed E-state index contributed by atoms with van der Waals surface area (Å²) in [7, 11) is 1.67. The van der Waals surface area contributed by atoms with Crippen molar-refractivity contribution in [2.45, 2.75) is 83.6 Å². The first-order valence-electron chi connectivity index (χ1n) is 16.5. The van der Waals surface area contributed by atoms with Gasteiger partial charge < -0.3 is 24.6 Å². The molecule has 8 heteroatoms. The highest BCUT2D eigenvalue weighted by molar-refractivity contribution is 7.98. The number of carbonyl (C=O) groups is 2. The number of hydrogen-bond donors (Lipinski definition) is 2. The summed E-state index contributed by atoms with van der Waals surface area (Å²) < 4.78 is 18.0. The summed E-state index contributed by atoms with van der Waals surface area (Å²) in [6, 6.07) is 20.8. The predicted molar refractivity (Wildman–Crippen MR) is 186 cm³/mol. The fourth-order valence-corrected chi connectivity index (χ4v) is 6.62. The number of methoxy groups -OCH3 is 1. The fourth-order valence-electron chi connectivity index (χ4n) is 6.15. The molecule has 0 aromatic heterocycles. The van der Waals surface area contributed by atoms with E-state index in [-0.39, 0.29) is 12.0 Å². The van der Waals surface area contributed by atoms with Gasteiger partial charge in [-0.1, -0.05) is 81.5 Å². The van der Waals surface area contributed by atoms with E-state index < -0.39 is 12.0 Å². The highest BCUT2D eigenvalue weighted by Gasteiger charge is 2.24. The van der Waals surface area contributed by atoms with Gasteiger partial charge in [0, 0.05) is 5.56 Å². The third kappa shape index (κ3) is 10.6. The van der Waals surface area contributed by atoms with Crippen LogP contribution in [0.25, 0.3) is 11.1 Å². The minimum Gasteiger partial charge on any atom is -0.497 e. The number of rotatable bonds is 18. The van der Waals surface area contributed by atoms with Gasteiger partial charge in [0.25, 0.3) is 5.91 Å². The number of carboxylic acids is 1. The summed E-state index contributed by atoms with van der Waals surface area (Å²) in [6.45, 7) is 3.46. The minimum absolute atomic E-state index is 0.0234. The van der Waals surface area contributed by atoms with Crippen molar-refractivity contribution < 1.29 is 28.9 Å². The van der Waals surface area contributed by atoms with E-state index in [1.807, 2.05) is 60.9 Å². The lowest BCUT2D eigenvalue weighted by molar-refractivity contribution is -0.139. The van der Waals surface area contributed by atoms with E-state index in [1.54, 1.807) is 24.9 Å². The van der Waals surface area contributed by atoms with Crippen molar-refractivity contribution in [1.29, 1.82) is 0 Å². The van der Waals surface area contributed by atoms with Crippen LogP contribution in [0.2, 0.25) is 0 Å². The van der Waals surface area contributed by atoms with Gasteiger partial charge in [0.05, 0.1) is 33.0 Å². The zero-order valence-corrected chi connectivity index (χ0v) is 28.3. The quantitative estimate of drug-likeness (QED) is 0.145. The Labute approximate surface area is 278 Å². The van der Waals surface area contributed by atoms with Crippen LogP contribution in [0.1, 0.15) is 78.9 Å². The van der Waals surface area contributed by atoms with Crippen molar-refractivity contribution >= 4 is 23.6 Å². The van der Waals surface area contributed by atoms with Gasteiger partial charge in [-0.05, 0) is 89.3 Å². The van der Waals surface area contributed by atoms with Crippen molar-refractivity contribution in [3.63, 3.8) is 0 Å². The molecule has 0 aliphatic heterocycles. The van der Waals surface area contributed by atoms with Crippen LogP contribution in [0.3, 0.4) is 0 Å². The number of aryl methyl sites for hydroxylation is 1. The number of carboxylic acid groups (broad SMARTS) is 1. The summed E-state index contributed by atoms with van der Waals surface area (Å²) in [5, 5.41) is 12.5. The van der Waals surface area contributed by atoms with E-state index in [9.17, 15) is 14.7 Å². The van der Waals surface area contributed by atoms with Crippen LogP contribution in [-0.2, 0) is 33.9 Å². The molecular formula is C38H49NO6S. The van der Waals surface area contributed by atoms with Gasteiger partial charge in [0.2, 0.25) is 0 Å². The first-order chi connectivity index (χ1) is 22.4. The van der Waals surface area contributed by atoms with Crippen LogP contribution in [0.4, 0.5) is 0 Å². The number of amides is 1. The average Bonchev–Trinajstić information content (AvgIpc) is 3.09. The predicted octanol–water partition coefficient (Wildman–Crippen LogP) is 7.93. The second-order valence-corrected chi connectivity index (χ2v) is 13.1. The van der Waals surface area contributed by atoms with E-state index >= 15 is 0 Å². The van der Waals surface area contributed by atoms with Crippen LogP contribution in [0.5, 0.6) is 5.75 Å². The summed E-state index contributed by atoms with van der Waals surface area (Å²) in [5.41, 5.74) is 5.36. The monoisotopic (exact) mass is 647 g/mol. The zero-order chi connectivity index (χ0) is 32.7. The minimum atomic E-state index is -1.03. The summed E-state index contributed by atoms with van der Waals surface area (Å²) >= 11 is 1.56. The van der Waals surface area contributed by atoms with Gasteiger partial charge >= 0.3 is 5.97 Å². The lowest BCUT2D eigenvalue weighted by Crippen LogP contribution is -2.41. The van der Waals surface area contributed by atoms with E-state index in [2.05, 4.69) is 18.3 Å². The molecular weight excluding hydrogens is 598 g/mol. The Bertz CT molecular complexity index is 1390. The molecule has 0 spiro atoms. The maximum absolute atomic E-state index is 13.5. The molecule has 1 aliphatic rings. The number of carbonyl (C=O) groups excluding carboxylic acids is 1. The van der Waals surface area contributed by atoms with Crippen molar-refractivity contribution in [3.05, 3.63) is 89.0 Å². The topological polar surface area (TPSA) is 94.1 Å². The van der Waals surface area contributed by atoms with Gasteiger partial charge in [-0.15, -0.1) is 0 Å². The number of benzene rings is 3. The van der Waals surface area contributed by atoms with Crippen LogP contribution >= 0.6 is 11.8 Å². The van der Waals surface area contributed by atoms with Crippen LogP contribution in [-0.4, -0.2) is 54.9 Å². The number of ether oxygens (including phenoxy) is 3. The molecule has 2 unspecified atom stereocenters. The Morgan fingerprint density at radius 1 is 0.957 bits per heavy atom. The molecule has 0 heterocycles. The smallest absolute Gasteiger partial charge is 0.326 e.